The van der Waals surface area contributed by atoms with Crippen molar-refractivity contribution in [2.75, 3.05) is 31.6 Å². The number of aryl methyl sites for hydroxylation is 1. The normalized spacial score (nSPS) is 17.4. The molecule has 1 amide bonds. The van der Waals surface area contributed by atoms with E-state index in [-0.39, 0.29) is 5.91 Å². The van der Waals surface area contributed by atoms with Gasteiger partial charge in [-0.05, 0) is 37.5 Å². The van der Waals surface area contributed by atoms with E-state index < -0.39 is 0 Å². The number of hydrogen-bond acceptors (Lipinski definition) is 3. The summed E-state index contributed by atoms with van der Waals surface area (Å²) >= 11 is 0. The zero-order valence-corrected chi connectivity index (χ0v) is 11.8. The number of nitrogens with zero attached hydrogens (tertiary/aromatic N) is 2. The first-order valence-electron chi connectivity index (χ1n) is 6.87. The molecular weight excluding hydrogens is 238 g/mol. The number of amides is 1. The predicted octanol–water partition coefficient (Wildman–Crippen LogP) is 1.38. The number of piperidine rings is 1. The van der Waals surface area contributed by atoms with Crippen LogP contribution in [0.2, 0.25) is 0 Å². The molecule has 0 saturated carbocycles. The van der Waals surface area contributed by atoms with Crippen LogP contribution in [0.3, 0.4) is 0 Å². The van der Waals surface area contributed by atoms with E-state index in [1.165, 1.54) is 5.56 Å². The highest BCUT2D eigenvalue weighted by Crippen LogP contribution is 2.15. The quantitative estimate of drug-likeness (QED) is 0.894. The molecule has 0 spiro atoms. The second-order valence-corrected chi connectivity index (χ2v) is 5.41. The Hall–Kier alpha value is -1.39. The molecule has 4 heteroatoms. The van der Waals surface area contributed by atoms with E-state index in [9.17, 15) is 4.79 Å². The summed E-state index contributed by atoms with van der Waals surface area (Å²) in [6.45, 7) is 4.37. The Morgan fingerprint density at radius 2 is 2.11 bits per heavy atom. The lowest BCUT2D eigenvalue weighted by Gasteiger charge is -2.30. The number of likely N-dealkylation sites (N-methyl/N-ethyl adjacent to an activating group) is 1. The van der Waals surface area contributed by atoms with Crippen molar-refractivity contribution in [3.05, 3.63) is 29.8 Å². The van der Waals surface area contributed by atoms with Gasteiger partial charge in [0.25, 0.3) is 0 Å². The fourth-order valence-corrected chi connectivity index (χ4v) is 2.39. The minimum atomic E-state index is 0.140. The fourth-order valence-electron chi connectivity index (χ4n) is 2.39. The second-order valence-electron chi connectivity index (χ2n) is 5.41. The lowest BCUT2D eigenvalue weighted by Crippen LogP contribution is -2.45. The molecule has 0 radical (unpaired) electrons. The monoisotopic (exact) mass is 261 g/mol. The summed E-state index contributed by atoms with van der Waals surface area (Å²) in [6.07, 6.45) is 1.98. The van der Waals surface area contributed by atoms with Gasteiger partial charge < -0.3 is 10.6 Å². The molecule has 1 saturated heterocycles. The minimum absolute atomic E-state index is 0.140. The summed E-state index contributed by atoms with van der Waals surface area (Å²) in [6, 6.07) is 8.32. The lowest BCUT2D eigenvalue weighted by molar-refractivity contribution is -0.119. The third kappa shape index (κ3) is 3.78. The molecular formula is C15H23N3O. The van der Waals surface area contributed by atoms with Crippen LogP contribution in [0.1, 0.15) is 18.4 Å². The first-order valence-corrected chi connectivity index (χ1v) is 6.87. The van der Waals surface area contributed by atoms with E-state index in [0.29, 0.717) is 12.6 Å². The van der Waals surface area contributed by atoms with Crippen LogP contribution in [0.25, 0.3) is 0 Å². The van der Waals surface area contributed by atoms with E-state index in [2.05, 4.69) is 4.90 Å². The Bertz CT molecular complexity index is 439. The van der Waals surface area contributed by atoms with Gasteiger partial charge in [0.1, 0.15) is 0 Å². The van der Waals surface area contributed by atoms with Gasteiger partial charge in [-0.25, -0.2) is 0 Å². The molecule has 1 aromatic carbocycles. The van der Waals surface area contributed by atoms with Gasteiger partial charge in [-0.2, -0.15) is 0 Å². The Morgan fingerprint density at radius 1 is 1.42 bits per heavy atom. The predicted molar refractivity (Wildman–Crippen MR) is 78.2 cm³/mol. The molecule has 1 aliphatic heterocycles. The summed E-state index contributed by atoms with van der Waals surface area (Å²) in [7, 11) is 1.84. The van der Waals surface area contributed by atoms with Gasteiger partial charge in [0.15, 0.2) is 0 Å². The summed E-state index contributed by atoms with van der Waals surface area (Å²) in [4.78, 5) is 16.2. The van der Waals surface area contributed by atoms with Gasteiger partial charge in [-0.3, -0.25) is 9.69 Å². The zero-order chi connectivity index (χ0) is 13.8. The largest absolute Gasteiger partial charge is 0.328 e. The SMILES string of the molecule is Cc1cccc(N(C)C(=O)CN2CCC(N)CC2)c1. The fraction of sp³-hybridized carbons (Fsp3) is 0.533. The highest BCUT2D eigenvalue weighted by molar-refractivity contribution is 5.94. The van der Waals surface area contributed by atoms with Gasteiger partial charge in [0.05, 0.1) is 6.54 Å². The van der Waals surface area contributed by atoms with Crippen molar-refractivity contribution in [2.24, 2.45) is 5.73 Å². The molecule has 104 valence electrons. The maximum atomic E-state index is 12.3. The zero-order valence-electron chi connectivity index (χ0n) is 11.8. The third-order valence-corrected chi connectivity index (χ3v) is 3.75. The first-order chi connectivity index (χ1) is 9.06. The number of carbonyl (C=O) groups is 1. The van der Waals surface area contributed by atoms with Crippen molar-refractivity contribution < 1.29 is 4.79 Å². The van der Waals surface area contributed by atoms with E-state index >= 15 is 0 Å². The summed E-state index contributed by atoms with van der Waals surface area (Å²) in [5.41, 5.74) is 8.00. The molecule has 1 heterocycles. The van der Waals surface area contributed by atoms with Crippen LogP contribution in [0.4, 0.5) is 5.69 Å². The highest BCUT2D eigenvalue weighted by Gasteiger charge is 2.20. The number of rotatable bonds is 3. The Balaban J connectivity index is 1.92. The van der Waals surface area contributed by atoms with Gasteiger partial charge in [0.2, 0.25) is 5.91 Å². The molecule has 0 bridgehead atoms. The van der Waals surface area contributed by atoms with Crippen LogP contribution in [-0.4, -0.2) is 43.5 Å². The molecule has 2 N–H and O–H groups in total. The Morgan fingerprint density at radius 3 is 2.74 bits per heavy atom. The van der Waals surface area contributed by atoms with E-state index in [4.69, 9.17) is 5.73 Å². The average molecular weight is 261 g/mol. The first kappa shape index (κ1) is 14.0. The lowest BCUT2D eigenvalue weighted by atomic mass is 10.1. The molecule has 0 aliphatic carbocycles. The molecule has 4 nitrogen and oxygen atoms in total. The standard InChI is InChI=1S/C15H23N3O/c1-12-4-3-5-14(10-12)17(2)15(19)11-18-8-6-13(16)7-9-18/h3-5,10,13H,6-9,11,16H2,1-2H3. The van der Waals surface area contributed by atoms with E-state index in [1.807, 2.05) is 38.2 Å². The molecule has 2 rings (SSSR count). The summed E-state index contributed by atoms with van der Waals surface area (Å²) in [5, 5.41) is 0. The van der Waals surface area contributed by atoms with Gasteiger partial charge in [0, 0.05) is 31.9 Å². The number of anilines is 1. The van der Waals surface area contributed by atoms with Gasteiger partial charge in [-0.15, -0.1) is 0 Å². The average Bonchev–Trinajstić information content (AvgIpc) is 2.40. The number of likely N-dealkylation sites (tertiary alicyclic amines) is 1. The topological polar surface area (TPSA) is 49.6 Å². The number of hydrogen-bond donors (Lipinski definition) is 1. The Kier molecular flexibility index (Phi) is 4.56. The molecule has 1 fully saturated rings. The maximum Gasteiger partial charge on any atom is 0.240 e. The second kappa shape index (κ2) is 6.17. The molecule has 1 aliphatic rings. The van der Waals surface area contributed by atoms with Crippen LogP contribution < -0.4 is 10.6 Å². The van der Waals surface area contributed by atoms with Crippen molar-refractivity contribution in [3.8, 4) is 0 Å². The number of benzene rings is 1. The van der Waals surface area contributed by atoms with Crippen molar-refractivity contribution in [3.63, 3.8) is 0 Å². The van der Waals surface area contributed by atoms with Crippen molar-refractivity contribution in [2.45, 2.75) is 25.8 Å². The van der Waals surface area contributed by atoms with Crippen LogP contribution in [0.15, 0.2) is 24.3 Å². The molecule has 0 aromatic heterocycles. The van der Waals surface area contributed by atoms with E-state index in [0.717, 1.165) is 31.6 Å². The van der Waals surface area contributed by atoms with Crippen LogP contribution >= 0.6 is 0 Å². The molecule has 1 aromatic rings. The van der Waals surface area contributed by atoms with Crippen LogP contribution in [-0.2, 0) is 4.79 Å². The molecule has 19 heavy (non-hydrogen) atoms. The number of nitrogens with two attached hydrogens (primary N) is 1. The number of carbonyl (C=O) groups excluding carboxylic acids is 1. The van der Waals surface area contributed by atoms with Crippen molar-refractivity contribution in [1.82, 2.24) is 4.90 Å². The smallest absolute Gasteiger partial charge is 0.240 e. The summed E-state index contributed by atoms with van der Waals surface area (Å²) in [5.74, 6) is 0.140. The van der Waals surface area contributed by atoms with Crippen LogP contribution in [0, 0.1) is 6.92 Å². The maximum absolute atomic E-state index is 12.3. The van der Waals surface area contributed by atoms with Crippen molar-refractivity contribution in [1.29, 1.82) is 0 Å². The van der Waals surface area contributed by atoms with E-state index in [1.54, 1.807) is 4.90 Å². The molecule has 0 unspecified atom stereocenters. The third-order valence-electron chi connectivity index (χ3n) is 3.75. The minimum Gasteiger partial charge on any atom is -0.328 e. The van der Waals surface area contributed by atoms with Crippen molar-refractivity contribution >= 4 is 11.6 Å². The van der Waals surface area contributed by atoms with Gasteiger partial charge >= 0.3 is 0 Å². The molecule has 0 atom stereocenters. The highest BCUT2D eigenvalue weighted by atomic mass is 16.2. The summed E-state index contributed by atoms with van der Waals surface area (Å²) < 4.78 is 0. The Labute approximate surface area is 115 Å². The van der Waals surface area contributed by atoms with Crippen LogP contribution in [0.5, 0.6) is 0 Å². The van der Waals surface area contributed by atoms with Gasteiger partial charge in [-0.1, -0.05) is 12.1 Å².